The van der Waals surface area contributed by atoms with Gasteiger partial charge >= 0.3 is 5.97 Å². The van der Waals surface area contributed by atoms with Gasteiger partial charge in [-0.3, -0.25) is 0 Å². The standard InChI is InChI=1S/C13H14N2O2S/c1-8-6-18-7-11(8)5-14-12-4-10(13(16)17)3-9(2)15-12/h3-4,6-7H,5H2,1-2H3,(H,14,15)(H,16,17). The predicted octanol–water partition coefficient (Wildman–Crippen LogP) is 3.07. The number of nitrogens with one attached hydrogen (secondary N) is 1. The summed E-state index contributed by atoms with van der Waals surface area (Å²) in [4.78, 5) is 15.2. The van der Waals surface area contributed by atoms with Crippen molar-refractivity contribution in [2.75, 3.05) is 5.32 Å². The van der Waals surface area contributed by atoms with Crippen LogP contribution in [0.5, 0.6) is 0 Å². The van der Waals surface area contributed by atoms with E-state index in [1.165, 1.54) is 11.1 Å². The maximum absolute atomic E-state index is 10.9. The van der Waals surface area contributed by atoms with Gasteiger partial charge in [-0.25, -0.2) is 9.78 Å². The van der Waals surface area contributed by atoms with Crippen LogP contribution in [0.2, 0.25) is 0 Å². The molecular weight excluding hydrogens is 248 g/mol. The second-order valence-corrected chi connectivity index (χ2v) is 4.86. The van der Waals surface area contributed by atoms with Crippen molar-refractivity contribution in [3.63, 3.8) is 0 Å². The Balaban J connectivity index is 2.14. The highest BCUT2D eigenvalue weighted by Gasteiger charge is 2.07. The van der Waals surface area contributed by atoms with Gasteiger partial charge in [0.25, 0.3) is 0 Å². The normalized spacial score (nSPS) is 10.3. The molecule has 0 spiro atoms. The number of aromatic nitrogens is 1. The second kappa shape index (κ2) is 5.18. The Morgan fingerprint density at radius 3 is 2.78 bits per heavy atom. The molecule has 0 aliphatic rings. The average molecular weight is 262 g/mol. The monoisotopic (exact) mass is 262 g/mol. The van der Waals surface area contributed by atoms with E-state index in [0.29, 0.717) is 18.1 Å². The molecule has 0 unspecified atom stereocenters. The van der Waals surface area contributed by atoms with E-state index in [1.807, 2.05) is 0 Å². The Morgan fingerprint density at radius 2 is 2.17 bits per heavy atom. The van der Waals surface area contributed by atoms with E-state index in [1.54, 1.807) is 30.4 Å². The zero-order valence-corrected chi connectivity index (χ0v) is 11.0. The number of anilines is 1. The lowest BCUT2D eigenvalue weighted by atomic mass is 10.2. The van der Waals surface area contributed by atoms with Crippen molar-refractivity contribution in [1.29, 1.82) is 0 Å². The zero-order valence-electron chi connectivity index (χ0n) is 10.2. The molecule has 94 valence electrons. The van der Waals surface area contributed by atoms with E-state index in [4.69, 9.17) is 5.11 Å². The maximum atomic E-state index is 10.9. The number of hydrogen-bond donors (Lipinski definition) is 2. The van der Waals surface area contributed by atoms with Gasteiger partial charge in [0.2, 0.25) is 0 Å². The summed E-state index contributed by atoms with van der Waals surface area (Å²) in [5.74, 6) is -0.340. The van der Waals surface area contributed by atoms with Crippen molar-refractivity contribution in [1.82, 2.24) is 4.98 Å². The lowest BCUT2D eigenvalue weighted by Gasteiger charge is -2.07. The Labute approximate surface area is 109 Å². The molecular formula is C13H14N2O2S. The molecule has 0 saturated carbocycles. The first-order valence-electron chi connectivity index (χ1n) is 5.54. The summed E-state index contributed by atoms with van der Waals surface area (Å²) in [5, 5.41) is 16.3. The molecule has 0 atom stereocenters. The van der Waals surface area contributed by atoms with E-state index in [0.717, 1.165) is 0 Å². The molecule has 2 aromatic rings. The van der Waals surface area contributed by atoms with Gasteiger partial charge in [-0.2, -0.15) is 11.3 Å². The summed E-state index contributed by atoms with van der Waals surface area (Å²) in [6.07, 6.45) is 0. The van der Waals surface area contributed by atoms with Gasteiger partial charge in [0.15, 0.2) is 0 Å². The van der Waals surface area contributed by atoms with Crippen molar-refractivity contribution >= 4 is 23.1 Å². The minimum atomic E-state index is -0.935. The summed E-state index contributed by atoms with van der Waals surface area (Å²) < 4.78 is 0. The number of pyridine rings is 1. The summed E-state index contributed by atoms with van der Waals surface area (Å²) in [5.41, 5.74) is 3.39. The summed E-state index contributed by atoms with van der Waals surface area (Å²) in [7, 11) is 0. The highest BCUT2D eigenvalue weighted by Crippen LogP contribution is 2.16. The number of carboxylic acids is 1. The molecule has 0 aromatic carbocycles. The first-order valence-corrected chi connectivity index (χ1v) is 6.48. The molecule has 0 fully saturated rings. The first kappa shape index (κ1) is 12.6. The van der Waals surface area contributed by atoms with Gasteiger partial charge in [-0.05, 0) is 47.9 Å². The van der Waals surface area contributed by atoms with Crippen molar-refractivity contribution in [3.8, 4) is 0 Å². The molecule has 18 heavy (non-hydrogen) atoms. The van der Waals surface area contributed by atoms with E-state index in [2.05, 4.69) is 28.0 Å². The van der Waals surface area contributed by atoms with Crippen LogP contribution < -0.4 is 5.32 Å². The molecule has 2 aromatic heterocycles. The third-order valence-electron chi connectivity index (χ3n) is 2.62. The quantitative estimate of drug-likeness (QED) is 0.889. The lowest BCUT2D eigenvalue weighted by molar-refractivity contribution is 0.0696. The highest BCUT2D eigenvalue weighted by molar-refractivity contribution is 7.08. The largest absolute Gasteiger partial charge is 0.478 e. The molecule has 0 bridgehead atoms. The van der Waals surface area contributed by atoms with Crippen molar-refractivity contribution in [2.45, 2.75) is 20.4 Å². The molecule has 0 aliphatic heterocycles. The number of hydrogen-bond acceptors (Lipinski definition) is 4. The Hall–Kier alpha value is -1.88. The van der Waals surface area contributed by atoms with Crippen LogP contribution in [-0.2, 0) is 6.54 Å². The van der Waals surface area contributed by atoms with Crippen LogP contribution in [-0.4, -0.2) is 16.1 Å². The van der Waals surface area contributed by atoms with Gasteiger partial charge in [-0.1, -0.05) is 0 Å². The third-order valence-corrected chi connectivity index (χ3v) is 3.53. The summed E-state index contributed by atoms with van der Waals surface area (Å²) in [6.45, 7) is 4.50. The minimum Gasteiger partial charge on any atom is -0.478 e. The molecule has 2 heterocycles. The molecule has 0 aliphatic carbocycles. The Bertz CT molecular complexity index is 578. The van der Waals surface area contributed by atoms with Gasteiger partial charge in [0.05, 0.1) is 5.56 Å². The van der Waals surface area contributed by atoms with Gasteiger partial charge < -0.3 is 10.4 Å². The number of nitrogens with zero attached hydrogens (tertiary/aromatic N) is 1. The van der Waals surface area contributed by atoms with Gasteiger partial charge in [0.1, 0.15) is 5.82 Å². The first-order chi connectivity index (χ1) is 8.56. The minimum absolute atomic E-state index is 0.257. The van der Waals surface area contributed by atoms with E-state index in [9.17, 15) is 4.79 Å². The lowest BCUT2D eigenvalue weighted by Crippen LogP contribution is -2.05. The van der Waals surface area contributed by atoms with Gasteiger partial charge in [0, 0.05) is 12.2 Å². The van der Waals surface area contributed by atoms with Crippen LogP contribution in [0.15, 0.2) is 22.9 Å². The van der Waals surface area contributed by atoms with Crippen LogP contribution in [0, 0.1) is 13.8 Å². The fourth-order valence-electron chi connectivity index (χ4n) is 1.64. The topological polar surface area (TPSA) is 62.2 Å². The number of aromatic carboxylic acids is 1. The summed E-state index contributed by atoms with van der Waals surface area (Å²) in [6, 6.07) is 3.11. The number of carboxylic acid groups (broad SMARTS) is 1. The SMILES string of the molecule is Cc1cc(C(=O)O)cc(NCc2cscc2C)n1. The smallest absolute Gasteiger partial charge is 0.335 e. The van der Waals surface area contributed by atoms with Gasteiger partial charge in [-0.15, -0.1) is 0 Å². The van der Waals surface area contributed by atoms with Crippen LogP contribution in [0.1, 0.15) is 27.2 Å². The van der Waals surface area contributed by atoms with Crippen LogP contribution >= 0.6 is 11.3 Å². The fourth-order valence-corrected chi connectivity index (χ4v) is 2.49. The molecule has 0 radical (unpaired) electrons. The highest BCUT2D eigenvalue weighted by atomic mass is 32.1. The Morgan fingerprint density at radius 1 is 1.39 bits per heavy atom. The predicted molar refractivity (Wildman–Crippen MR) is 72.3 cm³/mol. The van der Waals surface area contributed by atoms with E-state index < -0.39 is 5.97 Å². The molecule has 2 N–H and O–H groups in total. The van der Waals surface area contributed by atoms with Crippen molar-refractivity contribution < 1.29 is 9.90 Å². The summed E-state index contributed by atoms with van der Waals surface area (Å²) >= 11 is 1.66. The second-order valence-electron chi connectivity index (χ2n) is 4.12. The number of thiophene rings is 1. The maximum Gasteiger partial charge on any atom is 0.335 e. The number of aryl methyl sites for hydroxylation is 2. The fraction of sp³-hybridized carbons (Fsp3) is 0.231. The van der Waals surface area contributed by atoms with Crippen LogP contribution in [0.3, 0.4) is 0 Å². The van der Waals surface area contributed by atoms with Crippen molar-refractivity contribution in [2.24, 2.45) is 0 Å². The number of carbonyl (C=O) groups is 1. The molecule has 5 heteroatoms. The van der Waals surface area contributed by atoms with E-state index >= 15 is 0 Å². The van der Waals surface area contributed by atoms with Crippen LogP contribution in [0.4, 0.5) is 5.82 Å². The van der Waals surface area contributed by atoms with E-state index in [-0.39, 0.29) is 5.56 Å². The molecule has 2 rings (SSSR count). The number of rotatable bonds is 4. The molecule has 4 nitrogen and oxygen atoms in total. The van der Waals surface area contributed by atoms with Crippen LogP contribution in [0.25, 0.3) is 0 Å². The van der Waals surface area contributed by atoms with Crippen molar-refractivity contribution in [3.05, 3.63) is 45.3 Å². The Kier molecular flexibility index (Phi) is 3.62. The zero-order chi connectivity index (χ0) is 13.1. The third kappa shape index (κ3) is 2.87. The molecule has 0 saturated heterocycles. The molecule has 0 amide bonds. The average Bonchev–Trinajstić information content (AvgIpc) is 2.71.